The van der Waals surface area contributed by atoms with Gasteiger partial charge in [-0.25, -0.2) is 9.36 Å². The maximum Gasteiger partial charge on any atom is 0.590 e. The molecule has 0 heterocycles. The van der Waals surface area contributed by atoms with Gasteiger partial charge in [0.05, 0.1) is 6.10 Å². The third kappa shape index (κ3) is 5.09. The maximum absolute atomic E-state index is 12.8. The maximum atomic E-state index is 12.8. The lowest BCUT2D eigenvalue weighted by molar-refractivity contribution is -0.130. The average Bonchev–Trinajstić information content (AvgIpc) is 2.56. The van der Waals surface area contributed by atoms with E-state index in [1.807, 2.05) is 30.3 Å². The van der Waals surface area contributed by atoms with Gasteiger partial charge in [-0.1, -0.05) is 55.1 Å². The van der Waals surface area contributed by atoms with E-state index in [2.05, 4.69) is 6.58 Å². The average molecular weight is 332 g/mol. The molecular weight excluding hydrogens is 315 g/mol. The van der Waals surface area contributed by atoms with Crippen LogP contribution in [0.2, 0.25) is 0 Å². The first-order valence-electron chi connectivity index (χ1n) is 6.96. The van der Waals surface area contributed by atoms with Crippen LogP contribution < -0.4 is 4.52 Å². The highest BCUT2D eigenvalue weighted by Gasteiger charge is 2.35. The summed E-state index contributed by atoms with van der Waals surface area (Å²) in [4.78, 5) is 11.5. The third-order valence-electron chi connectivity index (χ3n) is 2.89. The van der Waals surface area contributed by atoms with Gasteiger partial charge in [0, 0.05) is 6.08 Å². The fourth-order valence-corrected chi connectivity index (χ4v) is 3.11. The summed E-state index contributed by atoms with van der Waals surface area (Å²) in [7, 11) is -4.16. The van der Waals surface area contributed by atoms with E-state index >= 15 is 0 Å². The van der Waals surface area contributed by atoms with Gasteiger partial charge in [0.15, 0.2) is 0 Å². The predicted octanol–water partition coefficient (Wildman–Crippen LogP) is 4.68. The zero-order chi connectivity index (χ0) is 16.7. The zero-order valence-corrected chi connectivity index (χ0v) is 13.5. The van der Waals surface area contributed by atoms with Gasteiger partial charge in [0.2, 0.25) is 0 Å². The van der Waals surface area contributed by atoms with Crippen molar-refractivity contribution in [3.63, 3.8) is 0 Å². The number of carbonyl (C=O) groups excluding carboxylic acids is 1. The highest BCUT2D eigenvalue weighted by atomic mass is 31.2. The van der Waals surface area contributed by atoms with E-state index in [0.29, 0.717) is 0 Å². The number of phosphoric ester groups is 1. The van der Waals surface area contributed by atoms with E-state index in [1.54, 1.807) is 37.3 Å². The van der Waals surface area contributed by atoms with Crippen molar-refractivity contribution in [3.05, 3.63) is 78.9 Å². The Labute approximate surface area is 135 Å². The second-order valence-electron chi connectivity index (χ2n) is 4.62. The normalized spacial score (nSPS) is 14.3. The summed E-state index contributed by atoms with van der Waals surface area (Å²) in [6, 6.07) is 17.5. The standard InChI is InChI=1S/C17H17O5P/c1-3-17(18)22-23(19,21-16-12-8-5-9-13-16)20-14(2)15-10-6-4-7-11-15/h3-14H,1H2,2H3. The molecule has 5 nitrogen and oxygen atoms in total. The van der Waals surface area contributed by atoms with Gasteiger partial charge in [-0.2, -0.15) is 0 Å². The summed E-state index contributed by atoms with van der Waals surface area (Å²) in [6.07, 6.45) is 0.306. The second-order valence-corrected chi connectivity index (χ2v) is 6.09. The number of para-hydroxylation sites is 1. The predicted molar refractivity (Wildman–Crippen MR) is 86.9 cm³/mol. The molecule has 2 unspecified atom stereocenters. The molecule has 2 aromatic rings. The molecule has 0 spiro atoms. The molecule has 6 heteroatoms. The van der Waals surface area contributed by atoms with Crippen molar-refractivity contribution in [2.75, 3.05) is 0 Å². The number of hydrogen-bond acceptors (Lipinski definition) is 5. The summed E-state index contributed by atoms with van der Waals surface area (Å²) in [5, 5.41) is 0. The molecule has 0 aliphatic rings. The van der Waals surface area contributed by atoms with E-state index in [0.717, 1.165) is 11.6 Å². The topological polar surface area (TPSA) is 61.8 Å². The molecule has 0 bridgehead atoms. The molecule has 0 aromatic heterocycles. The minimum absolute atomic E-state index is 0.271. The minimum atomic E-state index is -4.16. The van der Waals surface area contributed by atoms with E-state index in [1.165, 1.54) is 0 Å². The summed E-state index contributed by atoms with van der Waals surface area (Å²) in [6.45, 7) is 4.97. The van der Waals surface area contributed by atoms with Crippen LogP contribution in [0.25, 0.3) is 0 Å². The highest BCUT2D eigenvalue weighted by Crippen LogP contribution is 2.53. The highest BCUT2D eigenvalue weighted by molar-refractivity contribution is 7.49. The molecule has 0 aliphatic heterocycles. The molecule has 120 valence electrons. The molecule has 0 saturated heterocycles. The van der Waals surface area contributed by atoms with Crippen LogP contribution in [0.4, 0.5) is 0 Å². The summed E-state index contributed by atoms with van der Waals surface area (Å²) < 4.78 is 28.4. The number of hydrogen-bond donors (Lipinski definition) is 0. The molecular formula is C17H17O5P. The van der Waals surface area contributed by atoms with Crippen LogP contribution >= 0.6 is 7.82 Å². The Bertz CT molecular complexity index is 699. The van der Waals surface area contributed by atoms with Gasteiger partial charge in [0.1, 0.15) is 5.75 Å². The number of benzene rings is 2. The minimum Gasteiger partial charge on any atom is -0.395 e. The molecule has 0 N–H and O–H groups in total. The first-order chi connectivity index (χ1) is 11.0. The Kier molecular flexibility index (Phi) is 5.74. The van der Waals surface area contributed by atoms with Crippen molar-refractivity contribution in [2.45, 2.75) is 13.0 Å². The van der Waals surface area contributed by atoms with Crippen LogP contribution in [-0.4, -0.2) is 5.97 Å². The van der Waals surface area contributed by atoms with Crippen molar-refractivity contribution < 1.29 is 22.9 Å². The zero-order valence-electron chi connectivity index (χ0n) is 12.6. The number of carbonyl (C=O) groups is 1. The number of rotatable bonds is 7. The quantitative estimate of drug-likeness (QED) is 0.544. The smallest absolute Gasteiger partial charge is 0.395 e. The van der Waals surface area contributed by atoms with Gasteiger partial charge in [0.25, 0.3) is 0 Å². The fourth-order valence-electron chi connectivity index (χ4n) is 1.80. The van der Waals surface area contributed by atoms with E-state index in [4.69, 9.17) is 13.6 Å². The van der Waals surface area contributed by atoms with Crippen molar-refractivity contribution in [2.24, 2.45) is 0 Å². The van der Waals surface area contributed by atoms with Crippen LogP contribution in [0.5, 0.6) is 5.75 Å². The Morgan fingerprint density at radius 3 is 2.22 bits per heavy atom. The summed E-state index contributed by atoms with van der Waals surface area (Å²) in [5.74, 6) is -0.613. The first-order valence-corrected chi connectivity index (χ1v) is 8.42. The lowest BCUT2D eigenvalue weighted by Crippen LogP contribution is -2.09. The summed E-state index contributed by atoms with van der Waals surface area (Å²) >= 11 is 0. The summed E-state index contributed by atoms with van der Waals surface area (Å²) in [5.41, 5.74) is 0.777. The lowest BCUT2D eigenvalue weighted by atomic mass is 10.1. The monoisotopic (exact) mass is 332 g/mol. The Balaban J connectivity index is 2.21. The van der Waals surface area contributed by atoms with E-state index < -0.39 is 19.9 Å². The Hall–Kier alpha value is -2.36. The fraction of sp³-hybridized carbons (Fsp3) is 0.118. The van der Waals surface area contributed by atoms with Crippen molar-refractivity contribution in [1.29, 1.82) is 0 Å². The van der Waals surface area contributed by atoms with Gasteiger partial charge in [-0.05, 0) is 24.6 Å². The Morgan fingerprint density at radius 2 is 1.65 bits per heavy atom. The SMILES string of the molecule is C=CC(=O)OP(=O)(Oc1ccccc1)OC(C)c1ccccc1. The van der Waals surface area contributed by atoms with Gasteiger partial charge < -0.3 is 9.05 Å². The molecule has 0 fully saturated rings. The number of phosphoric acid groups is 1. The van der Waals surface area contributed by atoms with Crippen molar-refractivity contribution in [3.8, 4) is 5.75 Å². The van der Waals surface area contributed by atoms with Crippen LogP contribution in [0.15, 0.2) is 73.3 Å². The van der Waals surface area contributed by atoms with Gasteiger partial charge in [-0.3, -0.25) is 4.52 Å². The molecule has 2 rings (SSSR count). The molecule has 2 atom stereocenters. The third-order valence-corrected chi connectivity index (χ3v) is 4.30. The van der Waals surface area contributed by atoms with Gasteiger partial charge in [-0.15, -0.1) is 0 Å². The molecule has 0 aliphatic carbocycles. The molecule has 0 amide bonds. The molecule has 0 radical (unpaired) electrons. The van der Waals surface area contributed by atoms with E-state index in [9.17, 15) is 9.36 Å². The van der Waals surface area contributed by atoms with Crippen LogP contribution in [-0.2, 0) is 18.4 Å². The van der Waals surface area contributed by atoms with Crippen molar-refractivity contribution in [1.82, 2.24) is 0 Å². The van der Waals surface area contributed by atoms with Crippen LogP contribution in [0, 0.1) is 0 Å². The van der Waals surface area contributed by atoms with Crippen LogP contribution in [0.1, 0.15) is 18.6 Å². The largest absolute Gasteiger partial charge is 0.590 e. The van der Waals surface area contributed by atoms with Crippen molar-refractivity contribution >= 4 is 13.8 Å². The van der Waals surface area contributed by atoms with Gasteiger partial charge >= 0.3 is 13.8 Å². The molecule has 23 heavy (non-hydrogen) atoms. The first kappa shape index (κ1) is 17.0. The Morgan fingerprint density at radius 1 is 1.09 bits per heavy atom. The molecule has 2 aromatic carbocycles. The van der Waals surface area contributed by atoms with E-state index in [-0.39, 0.29) is 5.75 Å². The second kappa shape index (κ2) is 7.77. The lowest BCUT2D eigenvalue weighted by Gasteiger charge is -2.21. The van der Waals surface area contributed by atoms with Crippen LogP contribution in [0.3, 0.4) is 0 Å². The molecule has 0 saturated carbocycles.